The van der Waals surface area contributed by atoms with Gasteiger partial charge in [-0.2, -0.15) is 0 Å². The molecule has 0 fully saturated rings. The molecule has 0 heterocycles. The van der Waals surface area contributed by atoms with Gasteiger partial charge in [-0.15, -0.1) is 0 Å². The average molecular weight is 273 g/mol. The Morgan fingerprint density at radius 3 is 1.95 bits per heavy atom. The first kappa shape index (κ1) is 17.9. The van der Waals surface area contributed by atoms with Crippen LogP contribution in [0.5, 0.6) is 0 Å². The van der Waals surface area contributed by atoms with Crippen LogP contribution in [0.3, 0.4) is 0 Å². The number of nitrogens with two attached hydrogens (primary N) is 1. The molecule has 112 valence electrons. The Morgan fingerprint density at radius 1 is 1.00 bits per heavy atom. The van der Waals surface area contributed by atoms with E-state index in [9.17, 15) is 9.59 Å². The molecule has 0 aliphatic rings. The van der Waals surface area contributed by atoms with Gasteiger partial charge < -0.3 is 15.6 Å². The molecule has 0 aliphatic heterocycles. The van der Waals surface area contributed by atoms with Crippen LogP contribution in [-0.4, -0.2) is 30.2 Å². The summed E-state index contributed by atoms with van der Waals surface area (Å²) in [4.78, 5) is 21.3. The topological polar surface area (TPSA) is 89.6 Å². The molecule has 0 spiro atoms. The number of aliphatic carboxylic acids is 1. The second-order valence-corrected chi connectivity index (χ2v) is 4.89. The predicted octanol–water partition coefficient (Wildman–Crippen LogP) is 2.47. The zero-order chi connectivity index (χ0) is 14.5. The van der Waals surface area contributed by atoms with Crippen LogP contribution < -0.4 is 5.73 Å². The molecule has 5 heteroatoms. The highest BCUT2D eigenvalue weighted by Gasteiger charge is 2.12. The van der Waals surface area contributed by atoms with Crippen LogP contribution in [-0.2, 0) is 14.3 Å². The van der Waals surface area contributed by atoms with E-state index in [1.54, 1.807) is 0 Å². The molecule has 0 saturated heterocycles. The van der Waals surface area contributed by atoms with Gasteiger partial charge in [0.25, 0.3) is 0 Å². The fraction of sp³-hybridized carbons (Fsp3) is 0.857. The van der Waals surface area contributed by atoms with Crippen molar-refractivity contribution in [1.82, 2.24) is 0 Å². The van der Waals surface area contributed by atoms with Crippen LogP contribution in [0.1, 0.15) is 64.2 Å². The smallest absolute Gasteiger partial charge is 0.322 e. The number of rotatable bonds is 12. The molecule has 0 bridgehead atoms. The van der Waals surface area contributed by atoms with Gasteiger partial charge in [0.15, 0.2) is 0 Å². The maximum Gasteiger partial charge on any atom is 0.322 e. The van der Waals surface area contributed by atoms with Crippen molar-refractivity contribution >= 4 is 11.9 Å². The molecule has 19 heavy (non-hydrogen) atoms. The first-order valence-electron chi connectivity index (χ1n) is 7.13. The highest BCUT2D eigenvalue weighted by molar-refractivity contribution is 5.75. The molecule has 1 atom stereocenters. The molecule has 0 aromatic carbocycles. The minimum absolute atomic E-state index is 0.283. The molecule has 1 unspecified atom stereocenters. The molecule has 0 aromatic heterocycles. The maximum absolute atomic E-state index is 11.0. The van der Waals surface area contributed by atoms with Gasteiger partial charge in [-0.25, -0.2) is 0 Å². The third-order valence-corrected chi connectivity index (χ3v) is 3.16. The highest BCUT2D eigenvalue weighted by atomic mass is 16.5. The summed E-state index contributed by atoms with van der Waals surface area (Å²) in [6, 6.07) is -0.485. The van der Waals surface area contributed by atoms with E-state index in [0.717, 1.165) is 44.9 Å². The van der Waals surface area contributed by atoms with Gasteiger partial charge in [-0.3, -0.25) is 9.59 Å². The Kier molecular flexibility index (Phi) is 11.3. The fourth-order valence-corrected chi connectivity index (χ4v) is 1.97. The summed E-state index contributed by atoms with van der Waals surface area (Å²) in [5.41, 5.74) is 5.63. The van der Waals surface area contributed by atoms with Crippen molar-refractivity contribution < 1.29 is 19.4 Å². The van der Waals surface area contributed by atoms with Crippen molar-refractivity contribution in [2.45, 2.75) is 70.3 Å². The van der Waals surface area contributed by atoms with Gasteiger partial charge in [0.05, 0.1) is 7.11 Å². The van der Waals surface area contributed by atoms with E-state index < -0.39 is 12.0 Å². The zero-order valence-corrected chi connectivity index (χ0v) is 11.9. The SMILES string of the molecule is COC(=O)C(N)CCCCCCCCCCC(=O)O. The number of methoxy groups -OCH3 is 1. The third-order valence-electron chi connectivity index (χ3n) is 3.16. The minimum Gasteiger partial charge on any atom is -0.481 e. The van der Waals surface area contributed by atoms with Crippen LogP contribution in [0.2, 0.25) is 0 Å². The minimum atomic E-state index is -0.707. The van der Waals surface area contributed by atoms with E-state index in [-0.39, 0.29) is 12.4 Å². The second-order valence-electron chi connectivity index (χ2n) is 4.89. The average Bonchev–Trinajstić information content (AvgIpc) is 2.39. The number of carbonyl (C=O) groups excluding carboxylic acids is 1. The van der Waals surface area contributed by atoms with Crippen LogP contribution >= 0.6 is 0 Å². The van der Waals surface area contributed by atoms with Gasteiger partial charge in [-0.1, -0.05) is 44.9 Å². The Balaban J connectivity index is 3.19. The quantitative estimate of drug-likeness (QED) is 0.421. The molecule has 0 rings (SSSR count). The maximum atomic E-state index is 11.0. The monoisotopic (exact) mass is 273 g/mol. The molecular weight excluding hydrogens is 246 g/mol. The summed E-state index contributed by atoms with van der Waals surface area (Å²) in [7, 11) is 1.35. The van der Waals surface area contributed by atoms with E-state index in [1.165, 1.54) is 13.5 Å². The van der Waals surface area contributed by atoms with Crippen LogP contribution in [0.25, 0.3) is 0 Å². The van der Waals surface area contributed by atoms with Gasteiger partial charge in [0.2, 0.25) is 0 Å². The zero-order valence-electron chi connectivity index (χ0n) is 11.9. The van der Waals surface area contributed by atoms with E-state index in [4.69, 9.17) is 10.8 Å². The Morgan fingerprint density at radius 2 is 1.47 bits per heavy atom. The molecule has 0 aromatic rings. The summed E-state index contributed by atoms with van der Waals surface area (Å²) < 4.78 is 4.56. The summed E-state index contributed by atoms with van der Waals surface area (Å²) in [5.74, 6) is -1.04. The number of ether oxygens (including phenoxy) is 1. The van der Waals surface area contributed by atoms with Crippen LogP contribution in [0, 0.1) is 0 Å². The van der Waals surface area contributed by atoms with Gasteiger partial charge >= 0.3 is 11.9 Å². The van der Waals surface area contributed by atoms with Crippen molar-refractivity contribution in [2.75, 3.05) is 7.11 Å². The number of carboxylic acid groups (broad SMARTS) is 1. The number of esters is 1. The molecule has 0 amide bonds. The lowest BCUT2D eigenvalue weighted by Gasteiger charge is -2.08. The standard InChI is InChI=1S/C14H27NO4/c1-19-14(18)12(15)10-8-6-4-2-3-5-7-9-11-13(16)17/h12H,2-11,15H2,1H3,(H,16,17). The number of hydrogen-bond acceptors (Lipinski definition) is 4. The van der Waals surface area contributed by atoms with E-state index in [2.05, 4.69) is 4.74 Å². The summed E-state index contributed by atoms with van der Waals surface area (Å²) in [6.45, 7) is 0. The summed E-state index contributed by atoms with van der Waals surface area (Å²) >= 11 is 0. The number of carbonyl (C=O) groups is 2. The normalized spacial score (nSPS) is 12.1. The molecule has 0 saturated carbocycles. The first-order chi connectivity index (χ1) is 9.07. The number of unbranched alkanes of at least 4 members (excludes halogenated alkanes) is 7. The van der Waals surface area contributed by atoms with Crippen molar-refractivity contribution in [3.05, 3.63) is 0 Å². The van der Waals surface area contributed by atoms with E-state index in [0.29, 0.717) is 6.42 Å². The van der Waals surface area contributed by atoms with Gasteiger partial charge in [0.1, 0.15) is 6.04 Å². The summed E-state index contributed by atoms with van der Waals surface area (Å²) in [5, 5.41) is 8.47. The molecule has 3 N–H and O–H groups in total. The van der Waals surface area contributed by atoms with Crippen molar-refractivity contribution in [2.24, 2.45) is 5.73 Å². The lowest BCUT2D eigenvalue weighted by atomic mass is 10.0. The van der Waals surface area contributed by atoms with Crippen LogP contribution in [0.15, 0.2) is 0 Å². The summed E-state index contributed by atoms with van der Waals surface area (Å²) in [6.07, 6.45) is 9.36. The lowest BCUT2D eigenvalue weighted by Crippen LogP contribution is -2.31. The second kappa shape index (κ2) is 12.0. The largest absolute Gasteiger partial charge is 0.481 e. The van der Waals surface area contributed by atoms with Crippen molar-refractivity contribution in [3.63, 3.8) is 0 Å². The lowest BCUT2D eigenvalue weighted by molar-refractivity contribution is -0.142. The van der Waals surface area contributed by atoms with E-state index in [1.807, 2.05) is 0 Å². The highest BCUT2D eigenvalue weighted by Crippen LogP contribution is 2.11. The third kappa shape index (κ3) is 11.7. The Bertz CT molecular complexity index is 256. The molecular formula is C14H27NO4. The predicted molar refractivity (Wildman–Crippen MR) is 73.8 cm³/mol. The molecule has 0 aliphatic carbocycles. The van der Waals surface area contributed by atoms with Gasteiger partial charge in [-0.05, 0) is 12.8 Å². The van der Waals surface area contributed by atoms with Gasteiger partial charge in [0, 0.05) is 6.42 Å². The van der Waals surface area contributed by atoms with Crippen molar-refractivity contribution in [1.29, 1.82) is 0 Å². The van der Waals surface area contributed by atoms with E-state index >= 15 is 0 Å². The fourth-order valence-electron chi connectivity index (χ4n) is 1.97. The van der Waals surface area contributed by atoms with Crippen molar-refractivity contribution in [3.8, 4) is 0 Å². The Labute approximate surface area is 115 Å². The molecule has 0 radical (unpaired) electrons. The first-order valence-corrected chi connectivity index (χ1v) is 7.13. The Hall–Kier alpha value is -1.10. The number of hydrogen-bond donors (Lipinski definition) is 2. The molecule has 5 nitrogen and oxygen atoms in total. The van der Waals surface area contributed by atoms with Crippen LogP contribution in [0.4, 0.5) is 0 Å². The number of carboxylic acids is 1.